The molecule has 0 radical (unpaired) electrons. The highest BCUT2D eigenvalue weighted by Gasteiger charge is 2.39. The van der Waals surface area contributed by atoms with Crippen molar-refractivity contribution in [1.29, 1.82) is 0 Å². The minimum atomic E-state index is -3.69. The topological polar surface area (TPSA) is 104 Å². The van der Waals surface area contributed by atoms with Crippen LogP contribution in [0, 0.1) is 0 Å². The number of aliphatic carboxylic acids is 1. The van der Waals surface area contributed by atoms with Gasteiger partial charge in [-0.2, -0.15) is 0 Å². The zero-order chi connectivity index (χ0) is 14.8. The molecule has 0 aliphatic carbocycles. The van der Waals surface area contributed by atoms with Crippen LogP contribution in [0.1, 0.15) is 10.4 Å². The molecular weight excluding hydrogens is 284 g/mol. The summed E-state index contributed by atoms with van der Waals surface area (Å²) in [5, 5.41) is 7.69. The number of sulfonamides is 1. The van der Waals surface area contributed by atoms with Crippen molar-refractivity contribution >= 4 is 21.9 Å². The first-order valence-electron chi connectivity index (χ1n) is 5.95. The molecule has 8 heteroatoms. The Labute approximate surface area is 116 Å². The Balaban J connectivity index is 1.91. The fourth-order valence-corrected chi connectivity index (χ4v) is 3.16. The number of carbonyl (C=O) groups is 2. The highest BCUT2D eigenvalue weighted by Crippen LogP contribution is 2.18. The van der Waals surface area contributed by atoms with E-state index in [-0.39, 0.29) is 19.0 Å². The van der Waals surface area contributed by atoms with Gasteiger partial charge in [-0.25, -0.2) is 13.1 Å². The summed E-state index contributed by atoms with van der Waals surface area (Å²) < 4.78 is 25.4. The third-order valence-corrected chi connectivity index (χ3v) is 4.74. The average Bonchev–Trinajstić information content (AvgIpc) is 2.35. The molecule has 1 fully saturated rings. The summed E-state index contributed by atoms with van der Waals surface area (Å²) >= 11 is 0. The molecule has 1 aromatic rings. The van der Waals surface area contributed by atoms with Crippen LogP contribution < -0.4 is 4.72 Å². The van der Waals surface area contributed by atoms with Crippen LogP contribution in [-0.2, 0) is 14.8 Å². The SMILES string of the molecule is O=C(O)CNS(=O)(=O)C1CN(C(=O)c2ccccc2)C1. The van der Waals surface area contributed by atoms with E-state index in [4.69, 9.17) is 5.11 Å². The molecule has 0 bridgehead atoms. The number of carbonyl (C=O) groups excluding carboxylic acids is 1. The van der Waals surface area contributed by atoms with Crippen LogP contribution in [0.2, 0.25) is 0 Å². The lowest BCUT2D eigenvalue weighted by atomic mass is 10.1. The molecule has 20 heavy (non-hydrogen) atoms. The standard InChI is InChI=1S/C12H14N2O5S/c15-11(16)6-13-20(18,19)10-7-14(8-10)12(17)9-4-2-1-3-5-9/h1-5,10,13H,6-8H2,(H,15,16). The molecule has 2 rings (SSSR count). The van der Waals surface area contributed by atoms with Gasteiger partial charge >= 0.3 is 5.97 Å². The van der Waals surface area contributed by atoms with Crippen LogP contribution in [0.3, 0.4) is 0 Å². The monoisotopic (exact) mass is 298 g/mol. The molecule has 0 aromatic heterocycles. The number of rotatable bonds is 5. The number of carboxylic acids is 1. The minimum Gasteiger partial charge on any atom is -0.480 e. The van der Waals surface area contributed by atoms with Crippen molar-refractivity contribution in [2.75, 3.05) is 19.6 Å². The summed E-state index contributed by atoms with van der Waals surface area (Å²) in [5.41, 5.74) is 0.502. The largest absolute Gasteiger partial charge is 0.480 e. The lowest BCUT2D eigenvalue weighted by Crippen LogP contribution is -2.59. The van der Waals surface area contributed by atoms with E-state index in [2.05, 4.69) is 0 Å². The fourth-order valence-electron chi connectivity index (χ4n) is 1.84. The molecule has 0 atom stereocenters. The van der Waals surface area contributed by atoms with Crippen LogP contribution >= 0.6 is 0 Å². The number of nitrogens with one attached hydrogen (secondary N) is 1. The van der Waals surface area contributed by atoms with E-state index < -0.39 is 27.8 Å². The molecule has 108 valence electrons. The number of benzene rings is 1. The van der Waals surface area contributed by atoms with Gasteiger partial charge in [-0.3, -0.25) is 9.59 Å². The maximum Gasteiger partial charge on any atom is 0.318 e. The van der Waals surface area contributed by atoms with Crippen LogP contribution in [0.15, 0.2) is 30.3 Å². The van der Waals surface area contributed by atoms with Crippen molar-refractivity contribution in [2.24, 2.45) is 0 Å². The van der Waals surface area contributed by atoms with E-state index in [1.807, 2.05) is 4.72 Å². The second kappa shape index (κ2) is 5.59. The maximum atomic E-state index is 12.0. The lowest BCUT2D eigenvalue weighted by Gasteiger charge is -2.38. The Hall–Kier alpha value is -1.93. The average molecular weight is 298 g/mol. The zero-order valence-electron chi connectivity index (χ0n) is 10.5. The van der Waals surface area contributed by atoms with Crippen molar-refractivity contribution in [3.63, 3.8) is 0 Å². The summed E-state index contributed by atoms with van der Waals surface area (Å²) in [5.74, 6) is -1.47. The second-order valence-electron chi connectivity index (χ2n) is 4.46. The van der Waals surface area contributed by atoms with Gasteiger partial charge in [0.2, 0.25) is 10.0 Å². The third kappa shape index (κ3) is 3.14. The van der Waals surface area contributed by atoms with Crippen molar-refractivity contribution in [2.45, 2.75) is 5.25 Å². The molecule has 1 saturated heterocycles. The van der Waals surface area contributed by atoms with Gasteiger partial charge in [0.1, 0.15) is 11.8 Å². The normalized spacial score (nSPS) is 15.7. The summed E-state index contributed by atoms with van der Waals surface area (Å²) in [6, 6.07) is 8.57. The Kier molecular flexibility index (Phi) is 4.05. The van der Waals surface area contributed by atoms with Crippen LogP contribution in [0.25, 0.3) is 0 Å². The maximum absolute atomic E-state index is 12.0. The van der Waals surface area contributed by atoms with E-state index >= 15 is 0 Å². The molecule has 2 N–H and O–H groups in total. The lowest BCUT2D eigenvalue weighted by molar-refractivity contribution is -0.135. The van der Waals surface area contributed by atoms with Gasteiger partial charge in [0.25, 0.3) is 5.91 Å². The molecule has 0 saturated carbocycles. The summed E-state index contributed by atoms with van der Waals surface area (Å²) in [6.45, 7) is -0.503. The Morgan fingerprint density at radius 3 is 2.40 bits per heavy atom. The predicted molar refractivity (Wildman–Crippen MR) is 70.7 cm³/mol. The van der Waals surface area contributed by atoms with Gasteiger partial charge < -0.3 is 10.0 Å². The fraction of sp³-hybridized carbons (Fsp3) is 0.333. The molecule has 1 aliphatic rings. The van der Waals surface area contributed by atoms with E-state index in [0.29, 0.717) is 5.56 Å². The molecular formula is C12H14N2O5S. The van der Waals surface area contributed by atoms with Crippen LogP contribution in [-0.4, -0.2) is 55.2 Å². The highest BCUT2D eigenvalue weighted by molar-refractivity contribution is 7.90. The zero-order valence-corrected chi connectivity index (χ0v) is 11.3. The smallest absolute Gasteiger partial charge is 0.318 e. The van der Waals surface area contributed by atoms with Crippen LogP contribution in [0.4, 0.5) is 0 Å². The molecule has 0 unspecified atom stereocenters. The van der Waals surface area contributed by atoms with Crippen molar-refractivity contribution < 1.29 is 23.1 Å². The van der Waals surface area contributed by atoms with E-state index in [1.165, 1.54) is 4.90 Å². The van der Waals surface area contributed by atoms with Gasteiger partial charge in [-0.05, 0) is 12.1 Å². The number of nitrogens with zero attached hydrogens (tertiary/aromatic N) is 1. The van der Waals surface area contributed by atoms with Gasteiger partial charge in [0.15, 0.2) is 0 Å². The molecule has 0 spiro atoms. The Morgan fingerprint density at radius 1 is 1.25 bits per heavy atom. The Bertz CT molecular complexity index is 608. The number of hydrogen-bond acceptors (Lipinski definition) is 4. The minimum absolute atomic E-state index is 0.0721. The second-order valence-corrected chi connectivity index (χ2v) is 6.50. The summed E-state index contributed by atoms with van der Waals surface area (Å²) in [7, 11) is -3.69. The first-order valence-corrected chi connectivity index (χ1v) is 7.49. The molecule has 1 aromatic carbocycles. The molecule has 1 heterocycles. The van der Waals surface area contributed by atoms with Crippen LogP contribution in [0.5, 0.6) is 0 Å². The quantitative estimate of drug-likeness (QED) is 0.764. The van der Waals surface area contributed by atoms with Gasteiger partial charge in [-0.1, -0.05) is 18.2 Å². The van der Waals surface area contributed by atoms with Crippen molar-refractivity contribution in [3.8, 4) is 0 Å². The molecule has 7 nitrogen and oxygen atoms in total. The first-order chi connectivity index (χ1) is 9.40. The number of likely N-dealkylation sites (tertiary alicyclic amines) is 1. The van der Waals surface area contributed by atoms with Gasteiger partial charge in [0.05, 0.1) is 0 Å². The highest BCUT2D eigenvalue weighted by atomic mass is 32.2. The predicted octanol–water partition coefficient (Wildman–Crippen LogP) is -0.485. The third-order valence-electron chi connectivity index (χ3n) is 3.02. The van der Waals surface area contributed by atoms with Crippen molar-refractivity contribution in [1.82, 2.24) is 9.62 Å². The molecule has 1 aliphatic heterocycles. The number of carboxylic acid groups (broad SMARTS) is 1. The van der Waals surface area contributed by atoms with Crippen molar-refractivity contribution in [3.05, 3.63) is 35.9 Å². The van der Waals surface area contributed by atoms with E-state index in [1.54, 1.807) is 30.3 Å². The Morgan fingerprint density at radius 2 is 1.85 bits per heavy atom. The van der Waals surface area contributed by atoms with Gasteiger partial charge in [-0.15, -0.1) is 0 Å². The van der Waals surface area contributed by atoms with Gasteiger partial charge in [0, 0.05) is 18.7 Å². The summed E-state index contributed by atoms with van der Waals surface area (Å²) in [6.07, 6.45) is 0. The first kappa shape index (κ1) is 14.5. The summed E-state index contributed by atoms with van der Waals surface area (Å²) in [4.78, 5) is 23.7. The van der Waals surface area contributed by atoms with E-state index in [0.717, 1.165) is 0 Å². The number of amides is 1. The number of hydrogen-bond donors (Lipinski definition) is 2. The van der Waals surface area contributed by atoms with E-state index in [9.17, 15) is 18.0 Å². The molecule has 1 amide bonds.